The largest absolute Gasteiger partial charge is 0.340 e. The smallest absolute Gasteiger partial charge is 0.0766 e. The Balaban J connectivity index is 2.91. The maximum absolute atomic E-state index is 2.28. The second-order valence-electron chi connectivity index (χ2n) is 3.49. The number of hydrogen-bond acceptors (Lipinski definition) is 0. The number of nitrogens with one attached hydrogen (secondary N) is 1. The Morgan fingerprint density at radius 3 is 2.11 bits per heavy atom. The van der Waals surface area contributed by atoms with E-state index in [1.165, 1.54) is 19.4 Å². The van der Waals surface area contributed by atoms with E-state index >= 15 is 0 Å². The first-order valence-corrected chi connectivity index (χ1v) is 3.92. The minimum Gasteiger partial charge on any atom is -0.340 e. The Kier molecular flexibility index (Phi) is 4.78. The Labute approximate surface area is 59.1 Å². The molecule has 0 heterocycles. The zero-order valence-corrected chi connectivity index (χ0v) is 7.20. The number of quaternary nitrogens is 1. The highest BCUT2D eigenvalue weighted by atomic mass is 15.0. The summed E-state index contributed by atoms with van der Waals surface area (Å²) in [4.78, 5) is 1.57. The molecule has 0 saturated heterocycles. The Hall–Kier alpha value is -0.0400. The van der Waals surface area contributed by atoms with Gasteiger partial charge in [0, 0.05) is 0 Å². The maximum atomic E-state index is 2.28. The standard InChI is InChI=1S/C8H19N/c1-8(2)6-5-7-9(3)4/h8H,5-7H2,1-4H3/p+1. The summed E-state index contributed by atoms with van der Waals surface area (Å²) >= 11 is 0. The summed E-state index contributed by atoms with van der Waals surface area (Å²) < 4.78 is 0. The lowest BCUT2D eigenvalue weighted by Gasteiger charge is -2.07. The van der Waals surface area contributed by atoms with Gasteiger partial charge >= 0.3 is 0 Å². The first-order chi connectivity index (χ1) is 4.13. The molecule has 0 aliphatic carbocycles. The van der Waals surface area contributed by atoms with Gasteiger partial charge in [0.1, 0.15) is 0 Å². The lowest BCUT2D eigenvalue weighted by atomic mass is 10.1. The van der Waals surface area contributed by atoms with Crippen LogP contribution in [0.1, 0.15) is 26.7 Å². The van der Waals surface area contributed by atoms with Gasteiger partial charge in [-0.15, -0.1) is 0 Å². The van der Waals surface area contributed by atoms with E-state index < -0.39 is 0 Å². The molecule has 0 amide bonds. The van der Waals surface area contributed by atoms with Gasteiger partial charge in [-0.1, -0.05) is 13.8 Å². The summed E-state index contributed by atoms with van der Waals surface area (Å²) in [6.45, 7) is 5.88. The molecule has 1 nitrogen and oxygen atoms in total. The second kappa shape index (κ2) is 4.80. The molecule has 56 valence electrons. The van der Waals surface area contributed by atoms with Gasteiger partial charge in [-0.25, -0.2) is 0 Å². The predicted molar refractivity (Wildman–Crippen MR) is 41.7 cm³/mol. The summed E-state index contributed by atoms with van der Waals surface area (Å²) in [5.74, 6) is 0.879. The van der Waals surface area contributed by atoms with E-state index in [2.05, 4.69) is 27.9 Å². The molecular weight excluding hydrogens is 110 g/mol. The van der Waals surface area contributed by atoms with Crippen LogP contribution in [0.2, 0.25) is 0 Å². The van der Waals surface area contributed by atoms with Crippen LogP contribution in [0.25, 0.3) is 0 Å². The summed E-state index contributed by atoms with van der Waals surface area (Å²) in [5, 5.41) is 0. The molecule has 0 radical (unpaired) electrons. The van der Waals surface area contributed by atoms with Crippen LogP contribution >= 0.6 is 0 Å². The van der Waals surface area contributed by atoms with E-state index in [1.807, 2.05) is 0 Å². The summed E-state index contributed by atoms with van der Waals surface area (Å²) in [5.41, 5.74) is 0. The summed E-state index contributed by atoms with van der Waals surface area (Å²) in [6, 6.07) is 0. The third-order valence-corrected chi connectivity index (χ3v) is 1.46. The van der Waals surface area contributed by atoms with E-state index in [0.717, 1.165) is 5.92 Å². The average Bonchev–Trinajstić information content (AvgIpc) is 1.63. The van der Waals surface area contributed by atoms with Gasteiger partial charge in [0.2, 0.25) is 0 Å². The fourth-order valence-electron chi connectivity index (χ4n) is 0.864. The predicted octanol–water partition coefficient (Wildman–Crippen LogP) is 0.567. The Morgan fingerprint density at radius 1 is 1.22 bits per heavy atom. The minimum absolute atomic E-state index is 0.879. The fourth-order valence-corrected chi connectivity index (χ4v) is 0.864. The molecular formula is C8H20N+. The van der Waals surface area contributed by atoms with Crippen LogP contribution in [0, 0.1) is 5.92 Å². The monoisotopic (exact) mass is 130 g/mol. The molecule has 0 aromatic heterocycles. The Bertz CT molecular complexity index is 49.6. The molecule has 0 saturated carbocycles. The number of hydrogen-bond donors (Lipinski definition) is 1. The van der Waals surface area contributed by atoms with Crippen LogP contribution in [0.5, 0.6) is 0 Å². The normalized spacial score (nSPS) is 11.3. The van der Waals surface area contributed by atoms with Crippen molar-refractivity contribution in [1.82, 2.24) is 0 Å². The maximum Gasteiger partial charge on any atom is 0.0766 e. The first-order valence-electron chi connectivity index (χ1n) is 3.92. The van der Waals surface area contributed by atoms with Crippen molar-refractivity contribution >= 4 is 0 Å². The second-order valence-corrected chi connectivity index (χ2v) is 3.49. The molecule has 0 unspecified atom stereocenters. The fraction of sp³-hybridized carbons (Fsp3) is 1.00. The average molecular weight is 130 g/mol. The van der Waals surface area contributed by atoms with Crippen molar-refractivity contribution in [3.05, 3.63) is 0 Å². The molecule has 0 fully saturated rings. The molecule has 1 heteroatoms. The van der Waals surface area contributed by atoms with Crippen LogP contribution in [0.4, 0.5) is 0 Å². The van der Waals surface area contributed by atoms with Crippen molar-refractivity contribution in [3.8, 4) is 0 Å². The topological polar surface area (TPSA) is 4.44 Å². The first kappa shape index (κ1) is 8.96. The highest BCUT2D eigenvalue weighted by molar-refractivity contribution is 4.42. The van der Waals surface area contributed by atoms with Gasteiger partial charge in [0.05, 0.1) is 20.6 Å². The molecule has 0 atom stereocenters. The van der Waals surface area contributed by atoms with Gasteiger partial charge in [0.15, 0.2) is 0 Å². The molecule has 0 aromatic rings. The van der Waals surface area contributed by atoms with Gasteiger partial charge in [-0.05, 0) is 18.8 Å². The molecule has 1 N–H and O–H groups in total. The van der Waals surface area contributed by atoms with Crippen LogP contribution < -0.4 is 4.90 Å². The Morgan fingerprint density at radius 2 is 1.78 bits per heavy atom. The minimum atomic E-state index is 0.879. The van der Waals surface area contributed by atoms with Crippen LogP contribution in [-0.2, 0) is 0 Å². The van der Waals surface area contributed by atoms with Crippen molar-refractivity contribution in [2.75, 3.05) is 20.6 Å². The van der Waals surface area contributed by atoms with Crippen LogP contribution in [0.3, 0.4) is 0 Å². The molecule has 0 rings (SSSR count). The van der Waals surface area contributed by atoms with Crippen molar-refractivity contribution in [1.29, 1.82) is 0 Å². The quantitative estimate of drug-likeness (QED) is 0.567. The lowest BCUT2D eigenvalue weighted by molar-refractivity contribution is -0.858. The van der Waals surface area contributed by atoms with E-state index in [9.17, 15) is 0 Å². The molecule has 9 heavy (non-hydrogen) atoms. The third kappa shape index (κ3) is 7.96. The van der Waals surface area contributed by atoms with Gasteiger partial charge < -0.3 is 4.90 Å². The third-order valence-electron chi connectivity index (χ3n) is 1.46. The van der Waals surface area contributed by atoms with Gasteiger partial charge in [-0.2, -0.15) is 0 Å². The summed E-state index contributed by atoms with van der Waals surface area (Å²) in [6.07, 6.45) is 2.76. The zero-order chi connectivity index (χ0) is 7.28. The molecule has 0 bridgehead atoms. The molecule has 0 aliphatic rings. The zero-order valence-electron chi connectivity index (χ0n) is 7.20. The van der Waals surface area contributed by atoms with E-state index in [0.29, 0.717) is 0 Å². The van der Waals surface area contributed by atoms with E-state index in [1.54, 1.807) is 4.90 Å². The molecule has 0 spiro atoms. The van der Waals surface area contributed by atoms with Crippen molar-refractivity contribution in [2.45, 2.75) is 26.7 Å². The summed E-state index contributed by atoms with van der Waals surface area (Å²) in [7, 11) is 4.42. The lowest BCUT2D eigenvalue weighted by Crippen LogP contribution is -3.05. The molecule has 0 aliphatic heterocycles. The highest BCUT2D eigenvalue weighted by Gasteiger charge is 1.95. The number of rotatable bonds is 4. The van der Waals surface area contributed by atoms with Crippen molar-refractivity contribution in [3.63, 3.8) is 0 Å². The van der Waals surface area contributed by atoms with Crippen LogP contribution in [-0.4, -0.2) is 20.6 Å². The van der Waals surface area contributed by atoms with Gasteiger partial charge in [0.25, 0.3) is 0 Å². The van der Waals surface area contributed by atoms with Gasteiger partial charge in [-0.3, -0.25) is 0 Å². The SMILES string of the molecule is CC(C)CCC[NH+](C)C. The van der Waals surface area contributed by atoms with Crippen LogP contribution in [0.15, 0.2) is 0 Å². The molecule has 0 aromatic carbocycles. The van der Waals surface area contributed by atoms with Crippen molar-refractivity contribution in [2.24, 2.45) is 5.92 Å². The van der Waals surface area contributed by atoms with E-state index in [4.69, 9.17) is 0 Å². The van der Waals surface area contributed by atoms with E-state index in [-0.39, 0.29) is 0 Å². The highest BCUT2D eigenvalue weighted by Crippen LogP contribution is 2.00. The van der Waals surface area contributed by atoms with Crippen molar-refractivity contribution < 1.29 is 4.90 Å².